The smallest absolute Gasteiger partial charge is 0.237 e. The second-order valence-electron chi connectivity index (χ2n) is 4.58. The van der Waals surface area contributed by atoms with E-state index in [1.54, 1.807) is 24.3 Å². The minimum Gasteiger partial charge on any atom is -0.381 e. The molecule has 106 valence electrons. The lowest BCUT2D eigenvalue weighted by Crippen LogP contribution is -2.30. The Labute approximate surface area is 120 Å². The van der Waals surface area contributed by atoms with Crippen LogP contribution in [0.15, 0.2) is 24.3 Å². The number of nitrogens with zero attached hydrogens (tertiary/aromatic N) is 1. The van der Waals surface area contributed by atoms with Crippen molar-refractivity contribution < 1.29 is 13.7 Å². The fourth-order valence-corrected chi connectivity index (χ4v) is 3.33. The number of anilines is 1. The monoisotopic (exact) mass is 292 g/mol. The third-order valence-corrected chi connectivity index (χ3v) is 4.85. The van der Waals surface area contributed by atoms with Gasteiger partial charge in [0.05, 0.1) is 11.6 Å². The number of ether oxygens (including phenoxy) is 1. The predicted octanol–water partition coefficient (Wildman–Crippen LogP) is 1.42. The van der Waals surface area contributed by atoms with Crippen LogP contribution in [0.1, 0.15) is 18.4 Å². The van der Waals surface area contributed by atoms with Gasteiger partial charge in [0.2, 0.25) is 5.91 Å². The summed E-state index contributed by atoms with van der Waals surface area (Å²) < 4.78 is 17.3. The molecule has 5 nitrogen and oxygen atoms in total. The molecular formula is C14H16N2O3S. The molecule has 1 aromatic carbocycles. The van der Waals surface area contributed by atoms with Gasteiger partial charge in [-0.3, -0.25) is 9.00 Å². The van der Waals surface area contributed by atoms with Gasteiger partial charge in [0.25, 0.3) is 0 Å². The molecule has 1 N–H and O–H groups in total. The van der Waals surface area contributed by atoms with Crippen molar-refractivity contribution in [1.82, 2.24) is 0 Å². The number of amides is 1. The highest BCUT2D eigenvalue weighted by Crippen LogP contribution is 2.14. The summed E-state index contributed by atoms with van der Waals surface area (Å²) in [4.78, 5) is 11.8. The van der Waals surface area contributed by atoms with Crippen LogP contribution in [0, 0.1) is 11.3 Å². The van der Waals surface area contributed by atoms with Gasteiger partial charge in [0.15, 0.2) is 0 Å². The molecular weight excluding hydrogens is 276 g/mol. The lowest BCUT2D eigenvalue weighted by atomic mass is 10.2. The van der Waals surface area contributed by atoms with Crippen LogP contribution in [0.3, 0.4) is 0 Å². The van der Waals surface area contributed by atoms with Crippen LogP contribution < -0.4 is 5.32 Å². The molecule has 1 saturated heterocycles. The number of nitrogens with one attached hydrogen (secondary N) is 1. The molecule has 0 saturated carbocycles. The fraction of sp³-hybridized carbons (Fsp3) is 0.429. The van der Waals surface area contributed by atoms with Gasteiger partial charge in [0.1, 0.15) is 5.75 Å². The van der Waals surface area contributed by atoms with Gasteiger partial charge in [-0.1, -0.05) is 6.07 Å². The van der Waals surface area contributed by atoms with Crippen molar-refractivity contribution in [2.75, 3.05) is 24.3 Å². The first-order valence-electron chi connectivity index (χ1n) is 6.44. The summed E-state index contributed by atoms with van der Waals surface area (Å²) in [6.45, 7) is 1.23. The number of carbonyl (C=O) groups excluding carboxylic acids is 1. The van der Waals surface area contributed by atoms with Gasteiger partial charge in [-0.15, -0.1) is 0 Å². The van der Waals surface area contributed by atoms with E-state index in [0.29, 0.717) is 24.5 Å². The van der Waals surface area contributed by atoms with Crippen LogP contribution in [-0.4, -0.2) is 34.3 Å². The number of benzene rings is 1. The van der Waals surface area contributed by atoms with E-state index in [1.807, 2.05) is 6.07 Å². The molecule has 0 spiro atoms. The van der Waals surface area contributed by atoms with E-state index in [0.717, 1.165) is 12.8 Å². The lowest BCUT2D eigenvalue weighted by molar-refractivity contribution is -0.113. The fourth-order valence-electron chi connectivity index (χ4n) is 2.05. The van der Waals surface area contributed by atoms with Crippen LogP contribution in [0.2, 0.25) is 0 Å². The Hall–Kier alpha value is -1.71. The highest BCUT2D eigenvalue weighted by Gasteiger charge is 2.22. The van der Waals surface area contributed by atoms with Gasteiger partial charge in [0, 0.05) is 35.0 Å². The van der Waals surface area contributed by atoms with Crippen LogP contribution in [0.25, 0.3) is 0 Å². The van der Waals surface area contributed by atoms with Crippen molar-refractivity contribution in [3.05, 3.63) is 29.8 Å². The molecule has 1 heterocycles. The summed E-state index contributed by atoms with van der Waals surface area (Å²) >= 11 is 0. The first-order chi connectivity index (χ1) is 9.69. The minimum absolute atomic E-state index is 0.0125. The Kier molecular flexibility index (Phi) is 5.27. The van der Waals surface area contributed by atoms with E-state index in [-0.39, 0.29) is 16.9 Å². The second kappa shape index (κ2) is 7.17. The Morgan fingerprint density at radius 3 is 2.90 bits per heavy atom. The average Bonchev–Trinajstić information content (AvgIpc) is 2.48. The van der Waals surface area contributed by atoms with E-state index in [4.69, 9.17) is 10.00 Å². The third-order valence-electron chi connectivity index (χ3n) is 3.09. The molecule has 1 fully saturated rings. The van der Waals surface area contributed by atoms with E-state index in [1.165, 1.54) is 0 Å². The van der Waals surface area contributed by atoms with Crippen molar-refractivity contribution >= 4 is 22.4 Å². The minimum atomic E-state index is -1.17. The molecule has 1 atom stereocenters. The largest absolute Gasteiger partial charge is 0.381 e. The predicted molar refractivity (Wildman–Crippen MR) is 76.6 cm³/mol. The highest BCUT2D eigenvalue weighted by atomic mass is 32.2. The maximum Gasteiger partial charge on any atom is 0.237 e. The quantitative estimate of drug-likeness (QED) is 0.910. The average molecular weight is 292 g/mol. The van der Waals surface area contributed by atoms with E-state index in [2.05, 4.69) is 5.32 Å². The molecule has 20 heavy (non-hydrogen) atoms. The van der Waals surface area contributed by atoms with Crippen LogP contribution >= 0.6 is 0 Å². The molecule has 0 aliphatic carbocycles. The Bertz CT molecular complexity index is 548. The third kappa shape index (κ3) is 4.15. The van der Waals surface area contributed by atoms with Crippen molar-refractivity contribution in [2.24, 2.45) is 0 Å². The SMILES string of the molecule is N#Cc1cccc(NC(=O)CS(=O)C2CCOCC2)c1. The summed E-state index contributed by atoms with van der Waals surface area (Å²) in [7, 11) is -1.17. The lowest BCUT2D eigenvalue weighted by Gasteiger charge is -2.21. The van der Waals surface area contributed by atoms with Gasteiger partial charge in [-0.05, 0) is 31.0 Å². The van der Waals surface area contributed by atoms with Crippen molar-refractivity contribution in [3.63, 3.8) is 0 Å². The molecule has 2 rings (SSSR count). The van der Waals surface area contributed by atoms with Crippen molar-refractivity contribution in [1.29, 1.82) is 5.26 Å². The van der Waals surface area contributed by atoms with Gasteiger partial charge in [-0.2, -0.15) is 5.26 Å². The van der Waals surface area contributed by atoms with Gasteiger partial charge < -0.3 is 10.1 Å². The van der Waals surface area contributed by atoms with Crippen molar-refractivity contribution in [3.8, 4) is 6.07 Å². The number of carbonyl (C=O) groups is 1. The zero-order valence-corrected chi connectivity index (χ0v) is 11.8. The molecule has 0 radical (unpaired) electrons. The summed E-state index contributed by atoms with van der Waals surface area (Å²) in [6.07, 6.45) is 1.48. The first kappa shape index (κ1) is 14.7. The number of rotatable bonds is 4. The normalized spacial score (nSPS) is 17.1. The van der Waals surface area contributed by atoms with Gasteiger partial charge >= 0.3 is 0 Å². The van der Waals surface area contributed by atoms with Crippen LogP contribution in [0.4, 0.5) is 5.69 Å². The maximum absolute atomic E-state index is 12.1. The zero-order chi connectivity index (χ0) is 14.4. The zero-order valence-electron chi connectivity index (χ0n) is 11.0. The first-order valence-corrected chi connectivity index (χ1v) is 7.82. The molecule has 1 aliphatic heterocycles. The van der Waals surface area contributed by atoms with Crippen LogP contribution in [-0.2, 0) is 20.3 Å². The summed E-state index contributed by atoms with van der Waals surface area (Å²) in [6, 6.07) is 8.67. The molecule has 0 aromatic heterocycles. The summed E-state index contributed by atoms with van der Waals surface area (Å²) in [5.41, 5.74) is 1.03. The molecule has 6 heteroatoms. The molecule has 1 aromatic rings. The Balaban J connectivity index is 1.88. The highest BCUT2D eigenvalue weighted by molar-refractivity contribution is 7.86. The Morgan fingerprint density at radius 1 is 1.45 bits per heavy atom. The number of hydrogen-bond donors (Lipinski definition) is 1. The maximum atomic E-state index is 12.1. The van der Waals surface area contributed by atoms with Gasteiger partial charge in [-0.25, -0.2) is 0 Å². The molecule has 0 bridgehead atoms. The van der Waals surface area contributed by atoms with Crippen molar-refractivity contribution in [2.45, 2.75) is 18.1 Å². The van der Waals surface area contributed by atoms with E-state index in [9.17, 15) is 9.00 Å². The summed E-state index contributed by atoms with van der Waals surface area (Å²) in [5.74, 6) is -0.300. The second-order valence-corrected chi connectivity index (χ2v) is 6.29. The molecule has 1 amide bonds. The standard InChI is InChI=1S/C14H16N2O3S/c15-9-11-2-1-3-12(8-11)16-14(17)10-20(18)13-4-6-19-7-5-13/h1-3,8,13H,4-7,10H2,(H,16,17). The molecule has 1 unspecified atom stereocenters. The number of hydrogen-bond acceptors (Lipinski definition) is 4. The van der Waals surface area contributed by atoms with E-state index >= 15 is 0 Å². The Morgan fingerprint density at radius 2 is 2.20 bits per heavy atom. The topological polar surface area (TPSA) is 79.2 Å². The van der Waals surface area contributed by atoms with Crippen LogP contribution in [0.5, 0.6) is 0 Å². The molecule has 1 aliphatic rings. The van der Waals surface area contributed by atoms with E-state index < -0.39 is 10.8 Å². The summed E-state index contributed by atoms with van der Waals surface area (Å²) in [5, 5.41) is 11.5. The number of nitriles is 1.